The minimum atomic E-state index is -0.428. The van der Waals surface area contributed by atoms with Crippen LogP contribution in [-0.2, 0) is 12.8 Å². The first-order valence-electron chi connectivity index (χ1n) is 8.96. The van der Waals surface area contributed by atoms with Crippen LogP contribution in [0.25, 0.3) is 11.3 Å². The van der Waals surface area contributed by atoms with Gasteiger partial charge in [-0.1, -0.05) is 25.4 Å². The molecule has 3 N–H and O–H groups in total. The van der Waals surface area contributed by atoms with E-state index in [4.69, 9.17) is 26.3 Å². The molecule has 2 aromatic rings. The number of benzene rings is 1. The maximum Gasteiger partial charge on any atom is 0.148 e. The summed E-state index contributed by atoms with van der Waals surface area (Å²) < 4.78 is 5.23. The molecule has 6 nitrogen and oxygen atoms in total. The average molecular weight is 377 g/mol. The van der Waals surface area contributed by atoms with E-state index in [1.165, 1.54) is 0 Å². The summed E-state index contributed by atoms with van der Waals surface area (Å²) in [5.41, 5.74) is 3.38. The summed E-state index contributed by atoms with van der Waals surface area (Å²) in [5, 5.41) is 17.2. The van der Waals surface area contributed by atoms with E-state index in [-0.39, 0.29) is 6.04 Å². The summed E-state index contributed by atoms with van der Waals surface area (Å²) in [6, 6.07) is 5.52. The number of β-amino-alcohol motifs (C(OH)–C–C–N with tert-alkyl or cyclic N) is 1. The summed E-state index contributed by atoms with van der Waals surface area (Å²) in [6.45, 7) is 5.39. The molecule has 1 aliphatic heterocycles. The van der Waals surface area contributed by atoms with Gasteiger partial charge in [-0.05, 0) is 31.0 Å². The lowest BCUT2D eigenvalue weighted by molar-refractivity contribution is 0.185. The molecule has 2 atom stereocenters. The molecule has 7 heteroatoms. The Bertz CT molecular complexity index is 784. The van der Waals surface area contributed by atoms with Crippen molar-refractivity contribution >= 4 is 17.4 Å². The SMILES string of the molecule is CCc1nc(-c2ccc(OC)cc2Cl)c(CC)nc1N[C@@H]1CNC[C@@H]1O. The molecule has 1 aliphatic rings. The number of aryl methyl sites for hydroxylation is 2. The zero-order valence-electron chi connectivity index (χ0n) is 15.3. The van der Waals surface area contributed by atoms with Crippen molar-refractivity contribution in [2.45, 2.75) is 38.8 Å². The Morgan fingerprint density at radius 1 is 1.23 bits per heavy atom. The predicted octanol–water partition coefficient (Wildman–Crippen LogP) is 2.68. The number of ether oxygens (including phenoxy) is 1. The molecule has 0 unspecified atom stereocenters. The number of hydrogen-bond donors (Lipinski definition) is 3. The highest BCUT2D eigenvalue weighted by molar-refractivity contribution is 6.33. The number of nitrogens with one attached hydrogen (secondary N) is 2. The topological polar surface area (TPSA) is 79.3 Å². The fourth-order valence-electron chi connectivity index (χ4n) is 3.13. The second-order valence-electron chi connectivity index (χ2n) is 6.34. The monoisotopic (exact) mass is 376 g/mol. The summed E-state index contributed by atoms with van der Waals surface area (Å²) in [4.78, 5) is 9.68. The molecule has 3 rings (SSSR count). The van der Waals surface area contributed by atoms with E-state index in [1.807, 2.05) is 26.0 Å². The van der Waals surface area contributed by atoms with Crippen molar-refractivity contribution < 1.29 is 9.84 Å². The molecule has 26 heavy (non-hydrogen) atoms. The fourth-order valence-corrected chi connectivity index (χ4v) is 3.39. The molecule has 0 saturated carbocycles. The quantitative estimate of drug-likeness (QED) is 0.719. The molecule has 1 fully saturated rings. The van der Waals surface area contributed by atoms with E-state index >= 15 is 0 Å². The number of aliphatic hydroxyl groups is 1. The summed E-state index contributed by atoms with van der Waals surface area (Å²) in [5.74, 6) is 1.45. The number of rotatable bonds is 6. The molecule has 0 bridgehead atoms. The van der Waals surface area contributed by atoms with Crippen LogP contribution in [0.1, 0.15) is 25.2 Å². The minimum Gasteiger partial charge on any atom is -0.497 e. The maximum atomic E-state index is 10.1. The van der Waals surface area contributed by atoms with Gasteiger partial charge >= 0.3 is 0 Å². The van der Waals surface area contributed by atoms with Crippen LogP contribution in [0.2, 0.25) is 5.02 Å². The molecule has 140 valence electrons. The lowest BCUT2D eigenvalue weighted by atomic mass is 10.1. The van der Waals surface area contributed by atoms with Gasteiger partial charge in [-0.15, -0.1) is 0 Å². The molecular weight excluding hydrogens is 352 g/mol. The smallest absolute Gasteiger partial charge is 0.148 e. The number of hydrogen-bond acceptors (Lipinski definition) is 6. The van der Waals surface area contributed by atoms with E-state index in [0.717, 1.165) is 41.3 Å². The van der Waals surface area contributed by atoms with Crippen LogP contribution in [-0.4, -0.2) is 47.4 Å². The van der Waals surface area contributed by atoms with Gasteiger partial charge in [0.1, 0.15) is 11.6 Å². The molecule has 0 radical (unpaired) electrons. The number of nitrogens with zero attached hydrogens (tertiary/aromatic N) is 2. The van der Waals surface area contributed by atoms with Gasteiger partial charge in [-0.25, -0.2) is 9.97 Å². The number of aromatic nitrogens is 2. The first-order valence-corrected chi connectivity index (χ1v) is 9.34. The van der Waals surface area contributed by atoms with Crippen molar-refractivity contribution in [2.75, 3.05) is 25.5 Å². The normalized spacial score (nSPS) is 19.6. The molecule has 1 aromatic carbocycles. The molecule has 0 aliphatic carbocycles. The van der Waals surface area contributed by atoms with Gasteiger partial charge in [0.15, 0.2) is 0 Å². The first-order chi connectivity index (χ1) is 12.6. The van der Waals surface area contributed by atoms with Crippen LogP contribution in [0.15, 0.2) is 18.2 Å². The highest BCUT2D eigenvalue weighted by Crippen LogP contribution is 2.33. The van der Waals surface area contributed by atoms with Crippen LogP contribution < -0.4 is 15.4 Å². The van der Waals surface area contributed by atoms with Crippen LogP contribution >= 0.6 is 11.6 Å². The van der Waals surface area contributed by atoms with Gasteiger partial charge in [0.05, 0.1) is 41.4 Å². The minimum absolute atomic E-state index is 0.0604. The Balaban J connectivity index is 2.01. The number of halogens is 1. The molecule has 0 amide bonds. The van der Waals surface area contributed by atoms with Gasteiger partial charge in [0, 0.05) is 18.7 Å². The van der Waals surface area contributed by atoms with E-state index in [9.17, 15) is 5.11 Å². The van der Waals surface area contributed by atoms with Gasteiger partial charge in [-0.3, -0.25) is 0 Å². The third-order valence-corrected chi connectivity index (χ3v) is 4.96. The van der Waals surface area contributed by atoms with Gasteiger partial charge in [0.2, 0.25) is 0 Å². The molecule has 1 saturated heterocycles. The van der Waals surface area contributed by atoms with Crippen molar-refractivity contribution in [3.05, 3.63) is 34.6 Å². The zero-order valence-corrected chi connectivity index (χ0v) is 16.1. The second kappa shape index (κ2) is 8.20. The predicted molar refractivity (Wildman–Crippen MR) is 104 cm³/mol. The van der Waals surface area contributed by atoms with Crippen LogP contribution in [0.4, 0.5) is 5.82 Å². The largest absolute Gasteiger partial charge is 0.497 e. The van der Waals surface area contributed by atoms with Gasteiger partial charge in [-0.2, -0.15) is 0 Å². The molecule has 2 heterocycles. The standard InChI is InChI=1S/C19H25ClN4O2/c1-4-14-18(12-7-6-11(26-3)8-13(12)20)22-15(5-2)19(23-14)24-16-9-21-10-17(16)25/h6-8,16-17,21,25H,4-5,9-10H2,1-3H3,(H,23,24)/t16-,17+/m1/s1. The average Bonchev–Trinajstić information content (AvgIpc) is 3.06. The molecule has 0 spiro atoms. The lowest BCUT2D eigenvalue weighted by Gasteiger charge is -2.20. The molecular formula is C19H25ClN4O2. The van der Waals surface area contributed by atoms with E-state index < -0.39 is 6.10 Å². The Hall–Kier alpha value is -1.89. The Kier molecular flexibility index (Phi) is 5.96. The van der Waals surface area contributed by atoms with Crippen LogP contribution in [0, 0.1) is 0 Å². The maximum absolute atomic E-state index is 10.1. The third kappa shape index (κ3) is 3.77. The lowest BCUT2D eigenvalue weighted by Crippen LogP contribution is -2.33. The fraction of sp³-hybridized carbons (Fsp3) is 0.474. The number of aliphatic hydroxyl groups excluding tert-OH is 1. The Labute approximate surface area is 159 Å². The summed E-state index contributed by atoms with van der Waals surface area (Å²) >= 11 is 6.46. The van der Waals surface area contributed by atoms with Crippen LogP contribution in [0.5, 0.6) is 5.75 Å². The van der Waals surface area contributed by atoms with Gasteiger partial charge < -0.3 is 20.5 Å². The van der Waals surface area contributed by atoms with Crippen molar-refractivity contribution in [2.24, 2.45) is 0 Å². The van der Waals surface area contributed by atoms with E-state index in [0.29, 0.717) is 23.9 Å². The second-order valence-corrected chi connectivity index (χ2v) is 6.75. The Morgan fingerprint density at radius 3 is 2.58 bits per heavy atom. The van der Waals surface area contributed by atoms with Crippen molar-refractivity contribution in [1.29, 1.82) is 0 Å². The Morgan fingerprint density at radius 2 is 2.00 bits per heavy atom. The van der Waals surface area contributed by atoms with Crippen molar-refractivity contribution in [3.8, 4) is 17.0 Å². The molecule has 1 aromatic heterocycles. The summed E-state index contributed by atoms with van der Waals surface area (Å²) in [7, 11) is 1.62. The first kappa shape index (κ1) is 18.9. The van der Waals surface area contributed by atoms with Crippen molar-refractivity contribution in [1.82, 2.24) is 15.3 Å². The van der Waals surface area contributed by atoms with Crippen molar-refractivity contribution in [3.63, 3.8) is 0 Å². The third-order valence-electron chi connectivity index (χ3n) is 4.65. The number of anilines is 1. The highest BCUT2D eigenvalue weighted by atomic mass is 35.5. The van der Waals surface area contributed by atoms with Crippen LogP contribution in [0.3, 0.4) is 0 Å². The zero-order chi connectivity index (χ0) is 18.7. The van der Waals surface area contributed by atoms with E-state index in [2.05, 4.69) is 10.6 Å². The van der Waals surface area contributed by atoms with E-state index in [1.54, 1.807) is 13.2 Å². The highest BCUT2D eigenvalue weighted by Gasteiger charge is 2.26. The van der Waals surface area contributed by atoms with Gasteiger partial charge in [0.25, 0.3) is 0 Å². The summed E-state index contributed by atoms with van der Waals surface area (Å²) in [6.07, 6.45) is 1.04. The number of methoxy groups -OCH3 is 1.